The van der Waals surface area contributed by atoms with E-state index in [0.717, 1.165) is 16.7 Å². The smallest absolute Gasteiger partial charge is 0.306 e. The minimum Gasteiger partial charge on any atom is -0.504 e. The highest BCUT2D eigenvalue weighted by Gasteiger charge is 2.38. The molecule has 1 aliphatic heterocycles. The third-order valence-electron chi connectivity index (χ3n) is 5.03. The van der Waals surface area contributed by atoms with Crippen molar-refractivity contribution in [3.05, 3.63) is 47.0 Å². The topological polar surface area (TPSA) is 94.5 Å². The van der Waals surface area contributed by atoms with Crippen LogP contribution in [0.5, 0.6) is 23.0 Å². The van der Waals surface area contributed by atoms with Gasteiger partial charge in [-0.05, 0) is 42.7 Å². The average molecular weight is 402 g/mol. The van der Waals surface area contributed by atoms with Gasteiger partial charge in [-0.2, -0.15) is 0 Å². The number of rotatable bonds is 8. The van der Waals surface area contributed by atoms with Crippen LogP contribution < -0.4 is 14.2 Å². The van der Waals surface area contributed by atoms with Gasteiger partial charge in [-0.3, -0.25) is 4.79 Å². The lowest BCUT2D eigenvalue weighted by Crippen LogP contribution is -2.13. The highest BCUT2D eigenvalue weighted by molar-refractivity contribution is 5.70. The van der Waals surface area contributed by atoms with Gasteiger partial charge in [0, 0.05) is 12.0 Å². The number of aliphatic hydroxyl groups is 1. The number of benzene rings is 2. The van der Waals surface area contributed by atoms with Crippen LogP contribution in [0.1, 0.15) is 42.1 Å². The molecule has 0 amide bonds. The number of aryl methyl sites for hydroxylation is 1. The van der Waals surface area contributed by atoms with Crippen molar-refractivity contribution < 1.29 is 34.0 Å². The molecule has 7 nitrogen and oxygen atoms in total. The molecule has 1 aliphatic rings. The maximum Gasteiger partial charge on any atom is 0.306 e. The summed E-state index contributed by atoms with van der Waals surface area (Å²) in [5, 5.41) is 20.0. The second kappa shape index (κ2) is 9.05. The Hall–Kier alpha value is -2.93. The number of methoxy groups -OCH3 is 2. The van der Waals surface area contributed by atoms with E-state index >= 15 is 0 Å². The minimum atomic E-state index is -0.460. The quantitative estimate of drug-likeness (QED) is 0.655. The van der Waals surface area contributed by atoms with Crippen molar-refractivity contribution in [3.8, 4) is 23.0 Å². The first-order valence-corrected chi connectivity index (χ1v) is 9.53. The predicted molar refractivity (Wildman–Crippen MR) is 106 cm³/mol. The Bertz CT molecular complexity index is 878. The molecule has 3 rings (SSSR count). The molecule has 0 unspecified atom stereocenters. The molecule has 0 saturated carbocycles. The Labute approximate surface area is 169 Å². The third kappa shape index (κ3) is 4.24. The molecule has 0 fully saturated rings. The molecule has 0 aliphatic carbocycles. The van der Waals surface area contributed by atoms with E-state index in [0.29, 0.717) is 30.3 Å². The van der Waals surface area contributed by atoms with Crippen molar-refractivity contribution in [2.45, 2.75) is 31.8 Å². The summed E-state index contributed by atoms with van der Waals surface area (Å²) < 4.78 is 21.9. The molecule has 29 heavy (non-hydrogen) atoms. The number of aromatic hydroxyl groups is 1. The normalized spacial score (nSPS) is 17.4. The molecule has 2 atom stereocenters. The van der Waals surface area contributed by atoms with Crippen molar-refractivity contribution in [2.75, 3.05) is 27.4 Å². The van der Waals surface area contributed by atoms with Gasteiger partial charge >= 0.3 is 5.97 Å². The van der Waals surface area contributed by atoms with Gasteiger partial charge in [-0.1, -0.05) is 12.1 Å². The number of fused-ring (bicyclic) bond motifs is 1. The molecule has 0 radical (unpaired) electrons. The van der Waals surface area contributed by atoms with E-state index in [1.165, 1.54) is 13.2 Å². The number of carbonyl (C=O) groups is 1. The lowest BCUT2D eigenvalue weighted by atomic mass is 9.90. The lowest BCUT2D eigenvalue weighted by Gasteiger charge is -2.18. The monoisotopic (exact) mass is 402 g/mol. The summed E-state index contributed by atoms with van der Waals surface area (Å²) in [5.74, 6) is 0.912. The van der Waals surface area contributed by atoms with Gasteiger partial charge in [0.15, 0.2) is 23.0 Å². The standard InChI is InChI=1S/C22H26O7/c1-4-28-20(25)8-5-13-9-15-16(12-23)21(29-22(15)19(10-13)27-3)14-6-7-17(24)18(11-14)26-2/h6-7,9-11,16,21,23-24H,4-5,8,12H2,1-3H3/t16-,21+/m0/s1. The number of ether oxygens (including phenoxy) is 4. The fraction of sp³-hybridized carbons (Fsp3) is 0.409. The number of hydrogen-bond acceptors (Lipinski definition) is 7. The van der Waals surface area contributed by atoms with Crippen LogP contribution in [-0.2, 0) is 16.0 Å². The van der Waals surface area contributed by atoms with Crippen LogP contribution in [-0.4, -0.2) is 43.6 Å². The molecule has 0 saturated heterocycles. The van der Waals surface area contributed by atoms with E-state index in [-0.39, 0.29) is 30.7 Å². The number of phenols is 1. The summed E-state index contributed by atoms with van der Waals surface area (Å²) in [6, 6.07) is 8.76. The van der Waals surface area contributed by atoms with E-state index in [1.54, 1.807) is 26.2 Å². The van der Waals surface area contributed by atoms with Crippen LogP contribution >= 0.6 is 0 Å². The van der Waals surface area contributed by atoms with Crippen LogP contribution in [0.2, 0.25) is 0 Å². The van der Waals surface area contributed by atoms with Gasteiger partial charge in [0.25, 0.3) is 0 Å². The summed E-state index contributed by atoms with van der Waals surface area (Å²) in [6.07, 6.45) is 0.302. The Morgan fingerprint density at radius 1 is 1.14 bits per heavy atom. The Morgan fingerprint density at radius 2 is 1.90 bits per heavy atom. The maximum atomic E-state index is 11.7. The van der Waals surface area contributed by atoms with Crippen LogP contribution in [0.3, 0.4) is 0 Å². The van der Waals surface area contributed by atoms with E-state index in [2.05, 4.69) is 0 Å². The van der Waals surface area contributed by atoms with Crippen molar-refractivity contribution in [2.24, 2.45) is 0 Å². The van der Waals surface area contributed by atoms with Crippen molar-refractivity contribution >= 4 is 5.97 Å². The van der Waals surface area contributed by atoms with Crippen LogP contribution in [0.25, 0.3) is 0 Å². The van der Waals surface area contributed by atoms with Gasteiger partial charge in [-0.15, -0.1) is 0 Å². The molecule has 0 bridgehead atoms. The maximum absolute atomic E-state index is 11.7. The van der Waals surface area contributed by atoms with Gasteiger partial charge < -0.3 is 29.2 Å². The van der Waals surface area contributed by atoms with E-state index in [1.807, 2.05) is 12.1 Å². The number of aliphatic hydroxyl groups excluding tert-OH is 1. The predicted octanol–water partition coefficient (Wildman–Crippen LogP) is 3.11. The SMILES string of the molecule is CCOC(=O)CCc1cc(OC)c2c(c1)[C@H](CO)[C@@H](c1ccc(O)c(OC)c1)O2. The molecular formula is C22H26O7. The molecule has 2 N–H and O–H groups in total. The van der Waals surface area contributed by atoms with Gasteiger partial charge in [-0.25, -0.2) is 0 Å². The molecule has 2 aromatic carbocycles. The fourth-order valence-electron chi connectivity index (χ4n) is 3.60. The first kappa shape index (κ1) is 20.8. The second-order valence-corrected chi connectivity index (χ2v) is 6.78. The van der Waals surface area contributed by atoms with Crippen molar-refractivity contribution in [1.29, 1.82) is 0 Å². The largest absolute Gasteiger partial charge is 0.504 e. The van der Waals surface area contributed by atoms with E-state index < -0.39 is 6.10 Å². The summed E-state index contributed by atoms with van der Waals surface area (Å²) in [5.41, 5.74) is 2.49. The van der Waals surface area contributed by atoms with Gasteiger partial charge in [0.1, 0.15) is 6.10 Å². The van der Waals surface area contributed by atoms with E-state index in [4.69, 9.17) is 18.9 Å². The van der Waals surface area contributed by atoms with Gasteiger partial charge in [0.2, 0.25) is 0 Å². The van der Waals surface area contributed by atoms with Crippen LogP contribution in [0.4, 0.5) is 0 Å². The van der Waals surface area contributed by atoms with Crippen LogP contribution in [0, 0.1) is 0 Å². The number of carbonyl (C=O) groups excluding carboxylic acids is 1. The zero-order valence-electron chi connectivity index (χ0n) is 16.8. The molecule has 7 heteroatoms. The molecule has 1 heterocycles. The highest BCUT2D eigenvalue weighted by atomic mass is 16.5. The molecule has 156 valence electrons. The zero-order valence-corrected chi connectivity index (χ0v) is 16.8. The van der Waals surface area contributed by atoms with Crippen molar-refractivity contribution in [1.82, 2.24) is 0 Å². The Kier molecular flexibility index (Phi) is 6.49. The zero-order chi connectivity index (χ0) is 21.0. The fourth-order valence-corrected chi connectivity index (χ4v) is 3.60. The van der Waals surface area contributed by atoms with Gasteiger partial charge in [0.05, 0.1) is 33.4 Å². The lowest BCUT2D eigenvalue weighted by molar-refractivity contribution is -0.143. The average Bonchev–Trinajstić information content (AvgIpc) is 3.10. The first-order valence-electron chi connectivity index (χ1n) is 9.53. The number of hydrogen-bond donors (Lipinski definition) is 2. The number of phenolic OH excluding ortho intramolecular Hbond substituents is 1. The second-order valence-electron chi connectivity index (χ2n) is 6.78. The molecule has 2 aromatic rings. The molecule has 0 spiro atoms. The Balaban J connectivity index is 1.92. The third-order valence-corrected chi connectivity index (χ3v) is 5.03. The molecular weight excluding hydrogens is 376 g/mol. The van der Waals surface area contributed by atoms with Crippen molar-refractivity contribution in [3.63, 3.8) is 0 Å². The van der Waals surface area contributed by atoms with Crippen LogP contribution in [0.15, 0.2) is 30.3 Å². The summed E-state index contributed by atoms with van der Waals surface area (Å²) in [6.45, 7) is 1.99. The summed E-state index contributed by atoms with van der Waals surface area (Å²) in [7, 11) is 3.03. The Morgan fingerprint density at radius 3 is 2.55 bits per heavy atom. The summed E-state index contributed by atoms with van der Waals surface area (Å²) in [4.78, 5) is 11.7. The van der Waals surface area contributed by atoms with E-state index in [9.17, 15) is 15.0 Å². The first-order chi connectivity index (χ1) is 14.0. The minimum absolute atomic E-state index is 0.0335. The molecule has 0 aromatic heterocycles. The highest BCUT2D eigenvalue weighted by Crippen LogP contribution is 2.51. The number of esters is 1. The summed E-state index contributed by atoms with van der Waals surface area (Å²) >= 11 is 0.